The van der Waals surface area contributed by atoms with Gasteiger partial charge in [0.15, 0.2) is 0 Å². The molecular formula is C14H11N3O6. The van der Waals surface area contributed by atoms with Gasteiger partial charge in [-0.15, -0.1) is 0 Å². The molecule has 1 heterocycles. The molecule has 0 N–H and O–H groups in total. The molecule has 1 aromatic carbocycles. The molecular weight excluding hydrogens is 306 g/mol. The topological polar surface area (TPSA) is 125 Å². The van der Waals surface area contributed by atoms with Crippen LogP contribution >= 0.6 is 0 Å². The van der Waals surface area contributed by atoms with Gasteiger partial charge in [-0.25, -0.2) is 4.79 Å². The van der Waals surface area contributed by atoms with Gasteiger partial charge in [-0.1, -0.05) is 6.07 Å². The number of non-ortho nitro benzene ring substituents is 2. The highest BCUT2D eigenvalue weighted by Gasteiger charge is 2.20. The maximum absolute atomic E-state index is 11.9. The lowest BCUT2D eigenvalue weighted by Gasteiger charge is -2.05. The molecule has 0 amide bonds. The molecule has 0 spiro atoms. The van der Waals surface area contributed by atoms with E-state index in [2.05, 4.69) is 4.98 Å². The van der Waals surface area contributed by atoms with E-state index in [1.54, 1.807) is 24.4 Å². The fourth-order valence-corrected chi connectivity index (χ4v) is 1.80. The summed E-state index contributed by atoms with van der Waals surface area (Å²) in [5.41, 5.74) is -0.621. The normalized spacial score (nSPS) is 10.1. The van der Waals surface area contributed by atoms with Crippen LogP contribution in [0, 0.1) is 20.2 Å². The molecule has 2 rings (SSSR count). The third-order valence-corrected chi connectivity index (χ3v) is 2.88. The highest BCUT2D eigenvalue weighted by atomic mass is 16.6. The van der Waals surface area contributed by atoms with E-state index in [4.69, 9.17) is 4.74 Å². The minimum Gasteiger partial charge on any atom is -0.462 e. The lowest BCUT2D eigenvalue weighted by Crippen LogP contribution is -2.09. The third kappa shape index (κ3) is 4.30. The molecule has 0 atom stereocenters. The van der Waals surface area contributed by atoms with Crippen molar-refractivity contribution in [2.24, 2.45) is 0 Å². The minimum atomic E-state index is -0.868. The SMILES string of the molecule is O=C(OCCc1ccccn1)c1cc([N+](=O)[O-])cc([N+](=O)[O-])c1. The summed E-state index contributed by atoms with van der Waals surface area (Å²) in [5.74, 6) is -0.868. The van der Waals surface area contributed by atoms with Crippen LogP contribution in [0.4, 0.5) is 11.4 Å². The molecule has 0 aliphatic carbocycles. The summed E-state index contributed by atoms with van der Waals surface area (Å²) in [4.78, 5) is 35.9. The Balaban J connectivity index is 2.09. The fourth-order valence-electron chi connectivity index (χ4n) is 1.80. The van der Waals surface area contributed by atoms with Crippen LogP contribution in [0.3, 0.4) is 0 Å². The first-order chi connectivity index (χ1) is 11.0. The Bertz CT molecular complexity index is 715. The lowest BCUT2D eigenvalue weighted by atomic mass is 10.2. The number of hydrogen-bond donors (Lipinski definition) is 0. The predicted molar refractivity (Wildman–Crippen MR) is 78.0 cm³/mol. The van der Waals surface area contributed by atoms with E-state index in [1.807, 2.05) is 0 Å². The van der Waals surface area contributed by atoms with Crippen molar-refractivity contribution >= 4 is 17.3 Å². The molecule has 0 radical (unpaired) electrons. The number of carbonyl (C=O) groups excluding carboxylic acids is 1. The number of aromatic nitrogens is 1. The van der Waals surface area contributed by atoms with E-state index in [0.29, 0.717) is 12.1 Å². The number of hydrogen-bond acceptors (Lipinski definition) is 7. The Morgan fingerprint density at radius 3 is 2.26 bits per heavy atom. The Morgan fingerprint density at radius 2 is 1.74 bits per heavy atom. The summed E-state index contributed by atoms with van der Waals surface area (Å²) < 4.78 is 4.98. The number of rotatable bonds is 6. The Morgan fingerprint density at radius 1 is 1.09 bits per heavy atom. The number of benzene rings is 1. The van der Waals surface area contributed by atoms with Gasteiger partial charge >= 0.3 is 5.97 Å². The highest BCUT2D eigenvalue weighted by molar-refractivity contribution is 5.91. The highest BCUT2D eigenvalue weighted by Crippen LogP contribution is 2.23. The number of nitro benzene ring substituents is 2. The number of nitro groups is 2. The summed E-state index contributed by atoms with van der Waals surface area (Å²) in [7, 11) is 0. The van der Waals surface area contributed by atoms with Crippen molar-refractivity contribution in [2.75, 3.05) is 6.61 Å². The second-order valence-electron chi connectivity index (χ2n) is 4.46. The first-order valence-corrected chi connectivity index (χ1v) is 6.48. The van der Waals surface area contributed by atoms with Crippen LogP contribution in [-0.4, -0.2) is 27.4 Å². The zero-order chi connectivity index (χ0) is 16.8. The molecule has 9 nitrogen and oxygen atoms in total. The van der Waals surface area contributed by atoms with Gasteiger partial charge in [-0.2, -0.15) is 0 Å². The monoisotopic (exact) mass is 317 g/mol. The van der Waals surface area contributed by atoms with E-state index in [-0.39, 0.29) is 12.2 Å². The van der Waals surface area contributed by atoms with Crippen molar-refractivity contribution in [2.45, 2.75) is 6.42 Å². The first kappa shape index (κ1) is 16.0. The van der Waals surface area contributed by atoms with Gasteiger partial charge < -0.3 is 4.74 Å². The van der Waals surface area contributed by atoms with E-state index >= 15 is 0 Å². The van der Waals surface area contributed by atoms with Crippen LogP contribution in [-0.2, 0) is 11.2 Å². The molecule has 1 aromatic heterocycles. The summed E-state index contributed by atoms with van der Waals surface area (Å²) in [5, 5.41) is 21.5. The van der Waals surface area contributed by atoms with E-state index in [9.17, 15) is 25.0 Å². The standard InChI is InChI=1S/C14H11N3O6/c18-14(23-6-4-11-3-1-2-5-15-11)10-7-12(16(19)20)9-13(8-10)17(21)22/h1-3,5,7-9H,4,6H2. The molecule has 0 unspecified atom stereocenters. The largest absolute Gasteiger partial charge is 0.462 e. The second kappa shape index (κ2) is 7.07. The smallest absolute Gasteiger partial charge is 0.338 e. The van der Waals surface area contributed by atoms with E-state index < -0.39 is 27.2 Å². The quantitative estimate of drug-likeness (QED) is 0.454. The van der Waals surface area contributed by atoms with Gasteiger partial charge in [0, 0.05) is 30.4 Å². The van der Waals surface area contributed by atoms with Crippen LogP contribution in [0.1, 0.15) is 16.1 Å². The molecule has 0 aliphatic heterocycles. The Kier molecular flexibility index (Phi) is 4.92. The van der Waals surface area contributed by atoms with Crippen LogP contribution < -0.4 is 0 Å². The third-order valence-electron chi connectivity index (χ3n) is 2.88. The molecule has 23 heavy (non-hydrogen) atoms. The average Bonchev–Trinajstić information content (AvgIpc) is 2.55. The summed E-state index contributed by atoms with van der Waals surface area (Å²) in [6.45, 7) is 0.00629. The molecule has 9 heteroatoms. The maximum atomic E-state index is 11.9. The number of carbonyl (C=O) groups is 1. The predicted octanol–water partition coefficient (Wildman–Crippen LogP) is 2.30. The van der Waals surface area contributed by atoms with Crippen molar-refractivity contribution in [3.05, 3.63) is 74.1 Å². The summed E-state index contributed by atoms with van der Waals surface area (Å²) in [6, 6.07) is 7.95. The van der Waals surface area contributed by atoms with Gasteiger partial charge in [0.2, 0.25) is 0 Å². The van der Waals surface area contributed by atoms with Gasteiger partial charge in [0.1, 0.15) is 0 Å². The van der Waals surface area contributed by atoms with Crippen LogP contribution in [0.2, 0.25) is 0 Å². The Hall–Kier alpha value is -3.36. The van der Waals surface area contributed by atoms with Gasteiger partial charge in [-0.05, 0) is 12.1 Å². The van der Waals surface area contributed by atoms with Gasteiger partial charge in [0.05, 0.1) is 28.1 Å². The first-order valence-electron chi connectivity index (χ1n) is 6.48. The van der Waals surface area contributed by atoms with Crippen LogP contribution in [0.5, 0.6) is 0 Å². The van der Waals surface area contributed by atoms with Crippen molar-refractivity contribution in [1.29, 1.82) is 0 Å². The maximum Gasteiger partial charge on any atom is 0.338 e. The van der Waals surface area contributed by atoms with Gasteiger partial charge in [0.25, 0.3) is 11.4 Å². The minimum absolute atomic E-state index is 0.00629. The molecule has 0 aliphatic rings. The number of pyridine rings is 1. The zero-order valence-corrected chi connectivity index (χ0v) is 11.7. The number of esters is 1. The number of nitrogens with zero attached hydrogens (tertiary/aromatic N) is 3. The van der Waals surface area contributed by atoms with E-state index in [1.165, 1.54) is 0 Å². The van der Waals surface area contributed by atoms with E-state index in [0.717, 1.165) is 18.2 Å². The molecule has 0 bridgehead atoms. The average molecular weight is 317 g/mol. The zero-order valence-electron chi connectivity index (χ0n) is 11.7. The van der Waals surface area contributed by atoms with Crippen molar-refractivity contribution in [3.8, 4) is 0 Å². The summed E-state index contributed by atoms with van der Waals surface area (Å²) >= 11 is 0. The summed E-state index contributed by atoms with van der Waals surface area (Å²) in [6.07, 6.45) is 1.96. The van der Waals surface area contributed by atoms with Crippen molar-refractivity contribution < 1.29 is 19.4 Å². The van der Waals surface area contributed by atoms with Crippen LogP contribution in [0.25, 0.3) is 0 Å². The molecule has 2 aromatic rings. The van der Waals surface area contributed by atoms with Gasteiger partial charge in [-0.3, -0.25) is 25.2 Å². The lowest BCUT2D eigenvalue weighted by molar-refractivity contribution is -0.394. The Labute approximate surface area is 129 Å². The van der Waals surface area contributed by atoms with Crippen LogP contribution in [0.15, 0.2) is 42.6 Å². The molecule has 0 saturated carbocycles. The van der Waals surface area contributed by atoms with Crippen molar-refractivity contribution in [3.63, 3.8) is 0 Å². The number of ether oxygens (including phenoxy) is 1. The fraction of sp³-hybridized carbons (Fsp3) is 0.143. The van der Waals surface area contributed by atoms with Crippen molar-refractivity contribution in [1.82, 2.24) is 4.98 Å². The molecule has 118 valence electrons. The molecule has 0 fully saturated rings. The molecule has 0 saturated heterocycles. The second-order valence-corrected chi connectivity index (χ2v) is 4.46.